The molecule has 7 heteroatoms. The van der Waals surface area contributed by atoms with Gasteiger partial charge in [-0.25, -0.2) is 9.59 Å². The van der Waals surface area contributed by atoms with Gasteiger partial charge in [0.05, 0.1) is 25.2 Å². The zero-order chi connectivity index (χ0) is 15.3. The molecular weight excluding hydrogens is 266 g/mol. The van der Waals surface area contributed by atoms with E-state index < -0.39 is 24.3 Å². The van der Waals surface area contributed by atoms with Crippen molar-refractivity contribution in [1.82, 2.24) is 4.98 Å². The van der Waals surface area contributed by atoms with Crippen molar-refractivity contribution < 1.29 is 29.0 Å². The van der Waals surface area contributed by atoms with Crippen LogP contribution in [0.15, 0.2) is 0 Å². The van der Waals surface area contributed by atoms with Crippen LogP contribution in [0, 0.1) is 6.92 Å². The van der Waals surface area contributed by atoms with Gasteiger partial charge in [0.25, 0.3) is 0 Å². The Morgan fingerprint density at radius 1 is 1.10 bits per heavy atom. The van der Waals surface area contributed by atoms with Crippen molar-refractivity contribution in [1.29, 1.82) is 0 Å². The van der Waals surface area contributed by atoms with Crippen LogP contribution in [0.2, 0.25) is 0 Å². The van der Waals surface area contributed by atoms with E-state index in [9.17, 15) is 14.4 Å². The van der Waals surface area contributed by atoms with E-state index in [1.54, 1.807) is 20.8 Å². The standard InChI is InChI=1S/C13H17NO6/c1-4-19-12(17)10-7(3)11(13(18)20-5-2)14-8(10)6-9(15)16/h14H,4-6H2,1-3H3,(H,15,16). The molecule has 0 amide bonds. The van der Waals surface area contributed by atoms with Gasteiger partial charge in [0.15, 0.2) is 0 Å². The second-order valence-corrected chi connectivity index (χ2v) is 3.99. The normalized spacial score (nSPS) is 10.2. The predicted molar refractivity (Wildman–Crippen MR) is 68.8 cm³/mol. The van der Waals surface area contributed by atoms with Crippen LogP contribution in [-0.2, 0) is 20.7 Å². The molecule has 0 saturated carbocycles. The molecule has 0 radical (unpaired) electrons. The van der Waals surface area contributed by atoms with Crippen LogP contribution in [0.4, 0.5) is 0 Å². The van der Waals surface area contributed by atoms with Crippen LogP contribution in [0.3, 0.4) is 0 Å². The lowest BCUT2D eigenvalue weighted by atomic mass is 10.1. The summed E-state index contributed by atoms with van der Waals surface area (Å²) < 4.78 is 9.73. The minimum atomic E-state index is -1.12. The molecule has 1 aromatic rings. The number of nitrogens with one attached hydrogen (secondary N) is 1. The van der Waals surface area contributed by atoms with Crippen LogP contribution in [-0.4, -0.2) is 41.2 Å². The fraction of sp³-hybridized carbons (Fsp3) is 0.462. The van der Waals surface area contributed by atoms with Gasteiger partial charge in [0.1, 0.15) is 5.69 Å². The molecule has 0 unspecified atom stereocenters. The first kappa shape index (κ1) is 15.7. The number of esters is 2. The van der Waals surface area contributed by atoms with Gasteiger partial charge in [0.2, 0.25) is 0 Å². The van der Waals surface area contributed by atoms with Crippen LogP contribution < -0.4 is 0 Å². The van der Waals surface area contributed by atoms with Gasteiger partial charge >= 0.3 is 17.9 Å². The van der Waals surface area contributed by atoms with E-state index in [2.05, 4.69) is 4.98 Å². The highest BCUT2D eigenvalue weighted by Gasteiger charge is 2.26. The molecule has 0 aliphatic heterocycles. The summed E-state index contributed by atoms with van der Waals surface area (Å²) in [5, 5.41) is 8.86. The molecule has 1 heterocycles. The maximum absolute atomic E-state index is 11.9. The van der Waals surface area contributed by atoms with Crippen LogP contribution >= 0.6 is 0 Å². The SMILES string of the molecule is CCOC(=O)c1[nH]c(CC(=O)O)c(C(=O)OCC)c1C. The number of hydrogen-bond acceptors (Lipinski definition) is 5. The molecule has 7 nitrogen and oxygen atoms in total. The predicted octanol–water partition coefficient (Wildman–Crippen LogP) is 1.30. The summed E-state index contributed by atoms with van der Waals surface area (Å²) in [5.74, 6) is -2.41. The summed E-state index contributed by atoms with van der Waals surface area (Å²) in [7, 11) is 0. The Labute approximate surface area is 115 Å². The maximum atomic E-state index is 11.9. The Kier molecular flexibility index (Phi) is 5.31. The second-order valence-electron chi connectivity index (χ2n) is 3.99. The van der Waals surface area contributed by atoms with Gasteiger partial charge in [-0.3, -0.25) is 4.79 Å². The third-order valence-corrected chi connectivity index (χ3v) is 2.61. The molecule has 0 spiro atoms. The van der Waals surface area contributed by atoms with Crippen molar-refractivity contribution in [2.45, 2.75) is 27.2 Å². The van der Waals surface area contributed by atoms with Crippen molar-refractivity contribution >= 4 is 17.9 Å². The number of carboxylic acids is 1. The molecule has 0 aliphatic carbocycles. The summed E-state index contributed by atoms with van der Waals surface area (Å²) in [6, 6.07) is 0. The Morgan fingerprint density at radius 3 is 2.15 bits per heavy atom. The highest BCUT2D eigenvalue weighted by atomic mass is 16.5. The van der Waals surface area contributed by atoms with Gasteiger partial charge in [-0.15, -0.1) is 0 Å². The average molecular weight is 283 g/mol. The number of H-pyrrole nitrogens is 1. The highest BCUT2D eigenvalue weighted by Crippen LogP contribution is 2.21. The number of ether oxygens (including phenoxy) is 2. The van der Waals surface area contributed by atoms with Gasteiger partial charge < -0.3 is 19.6 Å². The third kappa shape index (κ3) is 3.37. The first-order valence-electron chi connectivity index (χ1n) is 6.19. The van der Waals surface area contributed by atoms with Gasteiger partial charge in [-0.05, 0) is 26.3 Å². The monoisotopic (exact) mass is 283 g/mol. The van der Waals surface area contributed by atoms with Gasteiger partial charge in [-0.1, -0.05) is 0 Å². The molecule has 1 aromatic heterocycles. The number of carbonyl (C=O) groups is 3. The summed E-state index contributed by atoms with van der Waals surface area (Å²) in [5.41, 5.74) is 0.623. The molecule has 1 rings (SSSR count). The van der Waals surface area contributed by atoms with E-state index in [1.807, 2.05) is 0 Å². The Hall–Kier alpha value is -2.31. The fourth-order valence-electron chi connectivity index (χ4n) is 1.83. The van der Waals surface area contributed by atoms with E-state index in [-0.39, 0.29) is 30.2 Å². The summed E-state index contributed by atoms with van der Waals surface area (Å²) in [6.45, 7) is 5.18. The molecule has 0 aliphatic rings. The molecular formula is C13H17NO6. The summed E-state index contributed by atoms with van der Waals surface area (Å²) >= 11 is 0. The van der Waals surface area contributed by atoms with E-state index in [1.165, 1.54) is 0 Å². The zero-order valence-electron chi connectivity index (χ0n) is 11.6. The van der Waals surface area contributed by atoms with Crippen molar-refractivity contribution in [2.24, 2.45) is 0 Å². The fourth-order valence-corrected chi connectivity index (χ4v) is 1.83. The molecule has 0 saturated heterocycles. The molecule has 20 heavy (non-hydrogen) atoms. The van der Waals surface area contributed by atoms with Crippen molar-refractivity contribution in [3.8, 4) is 0 Å². The molecule has 2 N–H and O–H groups in total. The Morgan fingerprint density at radius 2 is 1.65 bits per heavy atom. The number of rotatable bonds is 6. The molecule has 0 bridgehead atoms. The van der Waals surface area contributed by atoms with Crippen LogP contribution in [0.25, 0.3) is 0 Å². The second kappa shape index (κ2) is 6.74. The maximum Gasteiger partial charge on any atom is 0.355 e. The number of carboxylic acid groups (broad SMARTS) is 1. The van der Waals surface area contributed by atoms with Crippen molar-refractivity contribution in [2.75, 3.05) is 13.2 Å². The zero-order valence-corrected chi connectivity index (χ0v) is 11.6. The lowest BCUT2D eigenvalue weighted by molar-refractivity contribution is -0.136. The lowest BCUT2D eigenvalue weighted by Crippen LogP contribution is -2.11. The number of carbonyl (C=O) groups excluding carboxylic acids is 2. The molecule has 110 valence electrons. The van der Waals surface area contributed by atoms with E-state index in [4.69, 9.17) is 14.6 Å². The lowest BCUT2D eigenvalue weighted by Gasteiger charge is -2.03. The molecule has 0 fully saturated rings. The molecule has 0 atom stereocenters. The quantitative estimate of drug-likeness (QED) is 0.762. The van der Waals surface area contributed by atoms with E-state index >= 15 is 0 Å². The van der Waals surface area contributed by atoms with Crippen LogP contribution in [0.1, 0.15) is 46.0 Å². The third-order valence-electron chi connectivity index (χ3n) is 2.61. The van der Waals surface area contributed by atoms with E-state index in [0.717, 1.165) is 0 Å². The number of hydrogen-bond donors (Lipinski definition) is 2. The van der Waals surface area contributed by atoms with Crippen molar-refractivity contribution in [3.05, 3.63) is 22.5 Å². The van der Waals surface area contributed by atoms with Crippen LogP contribution in [0.5, 0.6) is 0 Å². The minimum Gasteiger partial charge on any atom is -0.481 e. The number of aromatic nitrogens is 1. The summed E-state index contributed by atoms with van der Waals surface area (Å²) in [6.07, 6.45) is -0.408. The topological polar surface area (TPSA) is 106 Å². The number of aromatic amines is 1. The molecule has 0 aromatic carbocycles. The first-order valence-corrected chi connectivity index (χ1v) is 6.19. The smallest absolute Gasteiger partial charge is 0.355 e. The summed E-state index contributed by atoms with van der Waals surface area (Å²) in [4.78, 5) is 37.1. The first-order chi connectivity index (χ1) is 9.42. The van der Waals surface area contributed by atoms with Gasteiger partial charge in [-0.2, -0.15) is 0 Å². The Balaban J connectivity index is 3.27. The minimum absolute atomic E-state index is 0.0751. The highest BCUT2D eigenvalue weighted by molar-refractivity contribution is 5.99. The number of aliphatic carboxylic acids is 1. The van der Waals surface area contributed by atoms with Gasteiger partial charge in [0, 0.05) is 5.69 Å². The largest absolute Gasteiger partial charge is 0.481 e. The van der Waals surface area contributed by atoms with Crippen molar-refractivity contribution in [3.63, 3.8) is 0 Å². The van der Waals surface area contributed by atoms with E-state index in [0.29, 0.717) is 5.56 Å². The Bertz CT molecular complexity index is 531. The average Bonchev–Trinajstić information content (AvgIpc) is 2.66.